The minimum atomic E-state index is -1.14. The molecule has 0 saturated heterocycles. The van der Waals surface area contributed by atoms with Crippen LogP contribution in [0.15, 0.2) is 18.2 Å². The Bertz CT molecular complexity index is 446. The first-order valence-corrected chi connectivity index (χ1v) is 6.34. The molecule has 1 aromatic carbocycles. The molecule has 0 aliphatic carbocycles. The van der Waals surface area contributed by atoms with Crippen molar-refractivity contribution in [2.75, 3.05) is 13.4 Å². The third kappa shape index (κ3) is 3.43. The number of rotatable bonds is 4. The first-order chi connectivity index (χ1) is 7.95. The van der Waals surface area contributed by atoms with Crippen LogP contribution in [0.1, 0.15) is 15.9 Å². The second kappa shape index (κ2) is 5.65. The standard InChI is InChI=1S/C10H11NO5S/c1-16-10(12)9-5-8(11(13)14)4-3-7(9)6-17(2)15/h3-5H,6H2,1-2H3. The number of benzene rings is 1. The van der Waals surface area contributed by atoms with Crippen LogP contribution in [0.3, 0.4) is 0 Å². The van der Waals surface area contributed by atoms with Gasteiger partial charge in [-0.15, -0.1) is 0 Å². The number of esters is 1. The summed E-state index contributed by atoms with van der Waals surface area (Å²) in [5.74, 6) is -0.517. The molecule has 0 fully saturated rings. The molecule has 0 N–H and O–H groups in total. The largest absolute Gasteiger partial charge is 0.616 e. The summed E-state index contributed by atoms with van der Waals surface area (Å²) < 4.78 is 15.7. The van der Waals surface area contributed by atoms with Crippen LogP contribution < -0.4 is 0 Å². The molecule has 1 aromatic rings. The second-order valence-electron chi connectivity index (χ2n) is 3.31. The maximum atomic E-state index is 11.4. The van der Waals surface area contributed by atoms with Crippen LogP contribution in [-0.4, -0.2) is 28.8 Å². The highest BCUT2D eigenvalue weighted by molar-refractivity contribution is 7.89. The molecule has 0 amide bonds. The minimum absolute atomic E-state index is 0.0805. The van der Waals surface area contributed by atoms with Gasteiger partial charge in [0.1, 0.15) is 5.75 Å². The van der Waals surface area contributed by atoms with E-state index >= 15 is 0 Å². The van der Waals surface area contributed by atoms with E-state index in [-0.39, 0.29) is 17.0 Å². The van der Waals surface area contributed by atoms with Gasteiger partial charge in [0.25, 0.3) is 5.69 Å². The van der Waals surface area contributed by atoms with Crippen LogP contribution in [0, 0.1) is 10.1 Å². The molecule has 0 heterocycles. The fourth-order valence-electron chi connectivity index (χ4n) is 1.32. The quantitative estimate of drug-likeness (QED) is 0.350. The van der Waals surface area contributed by atoms with Crippen LogP contribution in [-0.2, 0) is 21.7 Å². The summed E-state index contributed by atoms with van der Waals surface area (Å²) in [5.41, 5.74) is 0.358. The number of hydrogen-bond acceptors (Lipinski definition) is 5. The highest BCUT2D eigenvalue weighted by Gasteiger charge is 2.19. The maximum Gasteiger partial charge on any atom is 0.338 e. The van der Waals surface area contributed by atoms with Crippen molar-refractivity contribution in [3.8, 4) is 0 Å². The van der Waals surface area contributed by atoms with Crippen LogP contribution in [0.2, 0.25) is 0 Å². The van der Waals surface area contributed by atoms with Gasteiger partial charge in [0.2, 0.25) is 0 Å². The summed E-state index contributed by atoms with van der Waals surface area (Å²) in [6.07, 6.45) is 1.49. The molecule has 0 spiro atoms. The van der Waals surface area contributed by atoms with Gasteiger partial charge in [-0.25, -0.2) is 4.79 Å². The number of methoxy groups -OCH3 is 1. The minimum Gasteiger partial charge on any atom is -0.616 e. The molecular formula is C10H11NO5S. The molecule has 17 heavy (non-hydrogen) atoms. The number of hydrogen-bond donors (Lipinski definition) is 0. The highest BCUT2D eigenvalue weighted by Crippen LogP contribution is 2.20. The lowest BCUT2D eigenvalue weighted by Crippen LogP contribution is -2.10. The van der Waals surface area contributed by atoms with Crippen molar-refractivity contribution in [3.63, 3.8) is 0 Å². The number of ether oxygens (including phenoxy) is 1. The van der Waals surface area contributed by atoms with Crippen LogP contribution in [0.25, 0.3) is 0 Å². The predicted octanol–water partition coefficient (Wildman–Crippen LogP) is 1.26. The third-order valence-electron chi connectivity index (χ3n) is 2.07. The summed E-state index contributed by atoms with van der Waals surface area (Å²) in [7, 11) is 1.19. The summed E-state index contributed by atoms with van der Waals surface area (Å²) in [5, 5.41) is 10.6. The smallest absolute Gasteiger partial charge is 0.338 e. The number of carbonyl (C=O) groups excluding carboxylic acids is 1. The monoisotopic (exact) mass is 257 g/mol. The maximum absolute atomic E-state index is 11.4. The van der Waals surface area contributed by atoms with Gasteiger partial charge in [-0.05, 0) is 6.07 Å². The van der Waals surface area contributed by atoms with Crippen LogP contribution in [0.4, 0.5) is 5.69 Å². The van der Waals surface area contributed by atoms with E-state index in [1.807, 2.05) is 0 Å². The number of non-ortho nitro benzene ring substituents is 1. The summed E-state index contributed by atoms with van der Waals surface area (Å²) in [6, 6.07) is 3.83. The molecule has 1 unspecified atom stereocenters. The molecule has 0 bridgehead atoms. The van der Waals surface area contributed by atoms with Gasteiger partial charge < -0.3 is 9.29 Å². The first kappa shape index (κ1) is 13.5. The van der Waals surface area contributed by atoms with E-state index in [0.29, 0.717) is 5.56 Å². The third-order valence-corrected chi connectivity index (χ3v) is 2.79. The molecule has 1 atom stereocenters. The fourth-order valence-corrected chi connectivity index (χ4v) is 2.01. The Morgan fingerprint density at radius 1 is 1.53 bits per heavy atom. The molecule has 0 radical (unpaired) electrons. The van der Waals surface area contributed by atoms with Gasteiger partial charge in [-0.2, -0.15) is 0 Å². The van der Waals surface area contributed by atoms with Crippen molar-refractivity contribution in [1.29, 1.82) is 0 Å². The van der Waals surface area contributed by atoms with Gasteiger partial charge >= 0.3 is 5.97 Å². The zero-order chi connectivity index (χ0) is 13.0. The second-order valence-corrected chi connectivity index (χ2v) is 4.74. The molecule has 0 aliphatic heterocycles. The zero-order valence-corrected chi connectivity index (χ0v) is 10.2. The Hall–Kier alpha value is -1.60. The predicted molar refractivity (Wildman–Crippen MR) is 62.2 cm³/mol. The van der Waals surface area contributed by atoms with Crippen molar-refractivity contribution in [2.45, 2.75) is 5.75 Å². The van der Waals surface area contributed by atoms with Crippen molar-refractivity contribution >= 4 is 22.8 Å². The summed E-state index contributed by atoms with van der Waals surface area (Å²) in [4.78, 5) is 21.4. The topological polar surface area (TPSA) is 92.5 Å². The van der Waals surface area contributed by atoms with E-state index in [1.54, 1.807) is 0 Å². The number of nitro benzene ring substituents is 1. The van der Waals surface area contributed by atoms with E-state index in [0.717, 1.165) is 6.07 Å². The Kier molecular flexibility index (Phi) is 4.47. The first-order valence-electron chi connectivity index (χ1n) is 4.61. The molecule has 6 nitrogen and oxygen atoms in total. The summed E-state index contributed by atoms with van der Waals surface area (Å²) >= 11 is -1.14. The van der Waals surface area contributed by atoms with E-state index in [1.165, 1.54) is 25.5 Å². The lowest BCUT2D eigenvalue weighted by atomic mass is 10.1. The average molecular weight is 257 g/mol. The summed E-state index contributed by atoms with van der Waals surface area (Å²) in [6.45, 7) is 0. The fraction of sp³-hybridized carbons (Fsp3) is 0.300. The van der Waals surface area contributed by atoms with Gasteiger partial charge in [-0.1, -0.05) is 11.2 Å². The van der Waals surface area contributed by atoms with Gasteiger partial charge in [-0.3, -0.25) is 10.1 Å². The highest BCUT2D eigenvalue weighted by atomic mass is 32.2. The van der Waals surface area contributed by atoms with E-state index in [4.69, 9.17) is 0 Å². The molecule has 7 heteroatoms. The Labute approximate surface area is 101 Å². The van der Waals surface area contributed by atoms with E-state index in [2.05, 4.69) is 4.74 Å². The van der Waals surface area contributed by atoms with Crippen molar-refractivity contribution < 1.29 is 19.0 Å². The van der Waals surface area contributed by atoms with E-state index < -0.39 is 22.1 Å². The van der Waals surface area contributed by atoms with Crippen molar-refractivity contribution in [3.05, 3.63) is 39.4 Å². The van der Waals surface area contributed by atoms with Crippen molar-refractivity contribution in [1.82, 2.24) is 0 Å². The molecule has 92 valence electrons. The van der Waals surface area contributed by atoms with Crippen LogP contribution >= 0.6 is 0 Å². The average Bonchev–Trinajstić information content (AvgIpc) is 2.27. The molecule has 0 saturated carbocycles. The molecule has 0 aromatic heterocycles. The Balaban J connectivity index is 3.21. The van der Waals surface area contributed by atoms with E-state index in [9.17, 15) is 19.5 Å². The normalized spacial score (nSPS) is 11.9. The molecule has 1 rings (SSSR count). The Morgan fingerprint density at radius 3 is 2.65 bits per heavy atom. The van der Waals surface area contributed by atoms with Gasteiger partial charge in [0.15, 0.2) is 0 Å². The Morgan fingerprint density at radius 2 is 2.18 bits per heavy atom. The number of nitro groups is 1. The number of carbonyl (C=O) groups is 1. The van der Waals surface area contributed by atoms with Gasteiger partial charge in [0.05, 0.1) is 23.9 Å². The SMILES string of the molecule is COC(=O)c1cc([N+](=O)[O-])ccc1C[S+](C)[O-]. The van der Waals surface area contributed by atoms with Gasteiger partial charge in [0, 0.05) is 17.7 Å². The molecular weight excluding hydrogens is 246 g/mol. The zero-order valence-electron chi connectivity index (χ0n) is 9.34. The molecule has 0 aliphatic rings. The lowest BCUT2D eigenvalue weighted by molar-refractivity contribution is -0.384. The number of nitrogens with zero attached hydrogens (tertiary/aromatic N) is 1. The van der Waals surface area contributed by atoms with Crippen LogP contribution in [0.5, 0.6) is 0 Å². The van der Waals surface area contributed by atoms with Crippen molar-refractivity contribution in [2.24, 2.45) is 0 Å². The lowest BCUT2D eigenvalue weighted by Gasteiger charge is -2.09.